The molecule has 1 atom stereocenters. The fourth-order valence-corrected chi connectivity index (χ4v) is 2.47. The van der Waals surface area contributed by atoms with Gasteiger partial charge in [-0.1, -0.05) is 17.7 Å². The molecule has 1 aromatic carbocycles. The molecule has 3 N–H and O–H groups in total. The summed E-state index contributed by atoms with van der Waals surface area (Å²) in [6, 6.07) is 5.76. The van der Waals surface area contributed by atoms with Crippen molar-refractivity contribution in [1.82, 2.24) is 10.2 Å². The van der Waals surface area contributed by atoms with E-state index in [1.54, 1.807) is 12.1 Å². The van der Waals surface area contributed by atoms with E-state index in [4.69, 9.17) is 17.3 Å². The summed E-state index contributed by atoms with van der Waals surface area (Å²) in [5.74, 6) is -0.445. The molecule has 1 fully saturated rings. The molecule has 1 saturated heterocycles. The maximum absolute atomic E-state index is 11.0. The summed E-state index contributed by atoms with van der Waals surface area (Å²) in [4.78, 5) is 13.4. The van der Waals surface area contributed by atoms with E-state index >= 15 is 0 Å². The maximum atomic E-state index is 11.0. The van der Waals surface area contributed by atoms with E-state index in [0.29, 0.717) is 16.6 Å². The summed E-state index contributed by atoms with van der Waals surface area (Å²) >= 11 is 6.18. The van der Waals surface area contributed by atoms with Crippen LogP contribution in [0.5, 0.6) is 0 Å². The molecule has 1 aromatic rings. The zero-order valence-corrected chi connectivity index (χ0v) is 11.2. The second kappa shape index (κ2) is 5.69. The molecule has 0 bridgehead atoms. The zero-order chi connectivity index (χ0) is 13.1. The maximum Gasteiger partial charge on any atom is 0.248 e. The van der Waals surface area contributed by atoms with Crippen molar-refractivity contribution >= 4 is 17.5 Å². The number of amides is 1. The molecular formula is C13H18ClN3O. The second-order valence-corrected chi connectivity index (χ2v) is 5.17. The van der Waals surface area contributed by atoms with Crippen molar-refractivity contribution in [2.24, 2.45) is 5.73 Å². The molecule has 1 aliphatic heterocycles. The minimum Gasteiger partial charge on any atom is -0.366 e. The smallest absolute Gasteiger partial charge is 0.248 e. The number of nitrogens with zero attached hydrogens (tertiary/aromatic N) is 1. The third-order valence-electron chi connectivity index (χ3n) is 3.18. The first-order valence-electron chi connectivity index (χ1n) is 6.10. The van der Waals surface area contributed by atoms with E-state index in [0.717, 1.165) is 31.7 Å². The van der Waals surface area contributed by atoms with E-state index in [9.17, 15) is 4.79 Å². The quantitative estimate of drug-likeness (QED) is 0.866. The summed E-state index contributed by atoms with van der Waals surface area (Å²) < 4.78 is 0. The van der Waals surface area contributed by atoms with E-state index in [1.165, 1.54) is 0 Å². The Hall–Kier alpha value is -1.10. The summed E-state index contributed by atoms with van der Waals surface area (Å²) in [7, 11) is 0. The number of benzene rings is 1. The standard InChI is InChI=1S/C13H18ClN3O/c1-9-7-17(5-4-16-9)8-11-3-2-10(13(15)18)6-12(11)14/h2-3,6,9,16H,4-5,7-8H2,1H3,(H2,15,18)/t9-/m0/s1. The average molecular weight is 268 g/mol. The van der Waals surface area contributed by atoms with Crippen LogP contribution in [0.25, 0.3) is 0 Å². The highest BCUT2D eigenvalue weighted by Gasteiger charge is 2.16. The number of nitrogens with two attached hydrogens (primary N) is 1. The predicted molar refractivity (Wildman–Crippen MR) is 72.7 cm³/mol. The fraction of sp³-hybridized carbons (Fsp3) is 0.462. The van der Waals surface area contributed by atoms with Gasteiger partial charge < -0.3 is 11.1 Å². The van der Waals surface area contributed by atoms with Gasteiger partial charge in [-0.3, -0.25) is 9.69 Å². The topological polar surface area (TPSA) is 58.4 Å². The molecule has 0 saturated carbocycles. The van der Waals surface area contributed by atoms with Crippen LogP contribution in [0.1, 0.15) is 22.8 Å². The van der Waals surface area contributed by atoms with E-state index < -0.39 is 5.91 Å². The molecule has 0 radical (unpaired) electrons. The number of hydrogen-bond donors (Lipinski definition) is 2. The minimum absolute atomic E-state index is 0.445. The van der Waals surface area contributed by atoms with E-state index in [2.05, 4.69) is 17.1 Å². The number of rotatable bonds is 3. The van der Waals surface area contributed by atoms with Crippen molar-refractivity contribution in [3.05, 3.63) is 34.3 Å². The Kier molecular flexibility index (Phi) is 4.22. The Labute approximate surface area is 112 Å². The first-order valence-corrected chi connectivity index (χ1v) is 6.48. The summed E-state index contributed by atoms with van der Waals surface area (Å²) in [5, 5.41) is 4.01. The number of nitrogens with one attached hydrogen (secondary N) is 1. The molecule has 0 spiro atoms. The van der Waals surface area contributed by atoms with Crippen molar-refractivity contribution < 1.29 is 4.79 Å². The van der Waals surface area contributed by atoms with Crippen LogP contribution >= 0.6 is 11.6 Å². The van der Waals surface area contributed by atoms with Gasteiger partial charge in [-0.05, 0) is 24.6 Å². The van der Waals surface area contributed by atoms with Gasteiger partial charge >= 0.3 is 0 Å². The van der Waals surface area contributed by atoms with Gasteiger partial charge in [-0.15, -0.1) is 0 Å². The SMILES string of the molecule is C[C@H]1CN(Cc2ccc(C(N)=O)cc2Cl)CCN1. The van der Waals surface area contributed by atoms with Crippen LogP contribution in [0.2, 0.25) is 5.02 Å². The fourth-order valence-electron chi connectivity index (χ4n) is 2.23. The van der Waals surface area contributed by atoms with Crippen LogP contribution in [0.15, 0.2) is 18.2 Å². The van der Waals surface area contributed by atoms with Gasteiger partial charge in [0.2, 0.25) is 5.91 Å². The Balaban J connectivity index is 2.07. The molecule has 0 unspecified atom stereocenters. The lowest BCUT2D eigenvalue weighted by molar-refractivity contribution is 0.100. The third kappa shape index (κ3) is 3.22. The molecule has 5 heteroatoms. The van der Waals surface area contributed by atoms with Crippen LogP contribution in [0.3, 0.4) is 0 Å². The molecular weight excluding hydrogens is 250 g/mol. The average Bonchev–Trinajstić information content (AvgIpc) is 2.31. The van der Waals surface area contributed by atoms with Gasteiger partial charge in [0.15, 0.2) is 0 Å². The highest BCUT2D eigenvalue weighted by molar-refractivity contribution is 6.31. The van der Waals surface area contributed by atoms with Crippen LogP contribution in [-0.2, 0) is 6.54 Å². The molecule has 2 rings (SSSR count). The molecule has 0 aliphatic carbocycles. The van der Waals surface area contributed by atoms with Gasteiger partial charge in [0.05, 0.1) is 0 Å². The Morgan fingerprint density at radius 1 is 1.61 bits per heavy atom. The van der Waals surface area contributed by atoms with Crippen LogP contribution in [0, 0.1) is 0 Å². The molecule has 18 heavy (non-hydrogen) atoms. The van der Waals surface area contributed by atoms with Crippen molar-refractivity contribution in [3.63, 3.8) is 0 Å². The van der Waals surface area contributed by atoms with Gasteiger partial charge in [0.25, 0.3) is 0 Å². The lowest BCUT2D eigenvalue weighted by Crippen LogP contribution is -2.48. The number of piperazine rings is 1. The third-order valence-corrected chi connectivity index (χ3v) is 3.54. The summed E-state index contributed by atoms with van der Waals surface area (Å²) in [5.41, 5.74) is 6.71. The van der Waals surface area contributed by atoms with Crippen LogP contribution < -0.4 is 11.1 Å². The lowest BCUT2D eigenvalue weighted by atomic mass is 10.1. The highest BCUT2D eigenvalue weighted by atomic mass is 35.5. The first-order chi connectivity index (χ1) is 8.56. The van der Waals surface area contributed by atoms with Crippen LogP contribution in [-0.4, -0.2) is 36.5 Å². The summed E-state index contributed by atoms with van der Waals surface area (Å²) in [6.45, 7) is 6.00. The number of primary amides is 1. The number of halogens is 1. The molecule has 1 amide bonds. The van der Waals surface area contributed by atoms with E-state index in [-0.39, 0.29) is 0 Å². The van der Waals surface area contributed by atoms with Gasteiger partial charge in [0.1, 0.15) is 0 Å². The van der Waals surface area contributed by atoms with Gasteiger partial charge in [-0.2, -0.15) is 0 Å². The molecule has 1 heterocycles. The van der Waals surface area contributed by atoms with Crippen molar-refractivity contribution in [3.8, 4) is 0 Å². The largest absolute Gasteiger partial charge is 0.366 e. The Bertz CT molecular complexity index is 450. The van der Waals surface area contributed by atoms with Crippen molar-refractivity contribution in [2.45, 2.75) is 19.5 Å². The van der Waals surface area contributed by atoms with Gasteiger partial charge in [-0.25, -0.2) is 0 Å². The minimum atomic E-state index is -0.445. The van der Waals surface area contributed by atoms with Crippen molar-refractivity contribution in [2.75, 3.05) is 19.6 Å². The second-order valence-electron chi connectivity index (χ2n) is 4.76. The van der Waals surface area contributed by atoms with E-state index in [1.807, 2.05) is 6.07 Å². The lowest BCUT2D eigenvalue weighted by Gasteiger charge is -2.32. The van der Waals surface area contributed by atoms with Crippen LogP contribution in [0.4, 0.5) is 0 Å². The van der Waals surface area contributed by atoms with Crippen molar-refractivity contribution in [1.29, 1.82) is 0 Å². The highest BCUT2D eigenvalue weighted by Crippen LogP contribution is 2.20. The first kappa shape index (κ1) is 13.3. The monoisotopic (exact) mass is 267 g/mol. The number of carbonyl (C=O) groups excluding carboxylic acids is 1. The molecule has 0 aromatic heterocycles. The summed E-state index contributed by atoms with van der Waals surface area (Å²) in [6.07, 6.45) is 0. The normalized spacial score (nSPS) is 20.9. The van der Waals surface area contributed by atoms with Gasteiger partial charge in [0, 0.05) is 42.8 Å². The molecule has 1 aliphatic rings. The number of carbonyl (C=O) groups is 1. The molecule has 98 valence electrons. The molecule has 4 nitrogen and oxygen atoms in total. The Morgan fingerprint density at radius 2 is 2.39 bits per heavy atom. The zero-order valence-electron chi connectivity index (χ0n) is 10.4. The number of hydrogen-bond acceptors (Lipinski definition) is 3. The Morgan fingerprint density at radius 3 is 3.00 bits per heavy atom. The predicted octanol–water partition coefficient (Wildman–Crippen LogP) is 1.23.